The van der Waals surface area contributed by atoms with E-state index < -0.39 is 0 Å². The van der Waals surface area contributed by atoms with Crippen molar-refractivity contribution in [3.05, 3.63) is 30.2 Å². The average Bonchev–Trinajstić information content (AvgIpc) is 2.32. The molecule has 0 atom stereocenters. The molecule has 5 heteroatoms. The molecule has 2 N–H and O–H groups in total. The van der Waals surface area contributed by atoms with E-state index in [2.05, 4.69) is 27.2 Å². The molecule has 0 fully saturated rings. The predicted molar refractivity (Wildman–Crippen MR) is 72.6 cm³/mol. The van der Waals surface area contributed by atoms with Crippen LogP contribution in [0, 0.1) is 12.8 Å². The van der Waals surface area contributed by atoms with Crippen molar-refractivity contribution in [2.75, 3.05) is 18.4 Å². The third-order valence-electron chi connectivity index (χ3n) is 2.17. The van der Waals surface area contributed by atoms with Crippen LogP contribution in [-0.2, 0) is 0 Å². The maximum absolute atomic E-state index is 11.9. The number of carbonyl (C=O) groups excluding carboxylic acids is 1. The first kappa shape index (κ1) is 14.2. The second-order valence-corrected chi connectivity index (χ2v) is 4.46. The van der Waals surface area contributed by atoms with E-state index in [1.54, 1.807) is 19.1 Å². The number of rotatable bonds is 6. The Morgan fingerprint density at radius 1 is 1.50 bits per heavy atom. The molecule has 1 aromatic heterocycles. The van der Waals surface area contributed by atoms with E-state index >= 15 is 0 Å². The van der Waals surface area contributed by atoms with Crippen LogP contribution >= 0.6 is 0 Å². The van der Waals surface area contributed by atoms with Gasteiger partial charge in [-0.25, -0.2) is 9.97 Å². The highest BCUT2D eigenvalue weighted by molar-refractivity contribution is 5.92. The fourth-order valence-corrected chi connectivity index (χ4v) is 1.34. The summed E-state index contributed by atoms with van der Waals surface area (Å²) in [6.07, 6.45) is 1.73. The molecule has 0 saturated carbocycles. The van der Waals surface area contributed by atoms with Crippen LogP contribution in [0.5, 0.6) is 0 Å². The van der Waals surface area contributed by atoms with Crippen molar-refractivity contribution in [1.82, 2.24) is 15.3 Å². The minimum atomic E-state index is -0.171. The molecule has 0 aromatic carbocycles. The van der Waals surface area contributed by atoms with Crippen LogP contribution in [0.2, 0.25) is 0 Å². The Kier molecular flexibility index (Phi) is 5.30. The quantitative estimate of drug-likeness (QED) is 0.753. The summed E-state index contributed by atoms with van der Waals surface area (Å²) in [6, 6.07) is 1.64. The zero-order valence-electron chi connectivity index (χ0n) is 11.2. The topological polar surface area (TPSA) is 66.9 Å². The van der Waals surface area contributed by atoms with E-state index in [1.807, 2.05) is 13.8 Å². The molecule has 0 unspecified atom stereocenters. The largest absolute Gasteiger partial charge is 0.366 e. The SMILES string of the molecule is C=CCNc1cc(C(=O)NCC(C)C)nc(C)n1. The molecule has 1 aromatic rings. The minimum Gasteiger partial charge on any atom is -0.366 e. The molecule has 0 aliphatic rings. The molecule has 18 heavy (non-hydrogen) atoms. The van der Waals surface area contributed by atoms with Crippen LogP contribution in [0.15, 0.2) is 18.7 Å². The number of nitrogens with one attached hydrogen (secondary N) is 2. The molecular weight excluding hydrogens is 228 g/mol. The lowest BCUT2D eigenvalue weighted by Crippen LogP contribution is -2.28. The van der Waals surface area contributed by atoms with Crippen LogP contribution in [0.4, 0.5) is 5.82 Å². The highest BCUT2D eigenvalue weighted by Crippen LogP contribution is 2.06. The monoisotopic (exact) mass is 248 g/mol. The Morgan fingerprint density at radius 2 is 2.22 bits per heavy atom. The second-order valence-electron chi connectivity index (χ2n) is 4.46. The van der Waals surface area contributed by atoms with Crippen molar-refractivity contribution in [3.63, 3.8) is 0 Å². The molecule has 98 valence electrons. The molecule has 0 aliphatic carbocycles. The summed E-state index contributed by atoms with van der Waals surface area (Å²) in [4.78, 5) is 20.2. The van der Waals surface area contributed by atoms with E-state index in [9.17, 15) is 4.79 Å². The Hall–Kier alpha value is -1.91. The van der Waals surface area contributed by atoms with Gasteiger partial charge in [0.15, 0.2) is 0 Å². The van der Waals surface area contributed by atoms with E-state index in [0.29, 0.717) is 36.3 Å². The fraction of sp³-hybridized carbons (Fsp3) is 0.462. The zero-order chi connectivity index (χ0) is 13.5. The van der Waals surface area contributed by atoms with Gasteiger partial charge in [-0.1, -0.05) is 19.9 Å². The number of nitrogens with zero attached hydrogens (tertiary/aromatic N) is 2. The lowest BCUT2D eigenvalue weighted by molar-refractivity contribution is 0.0943. The number of aromatic nitrogens is 2. The summed E-state index contributed by atoms with van der Waals surface area (Å²) in [6.45, 7) is 10.7. The van der Waals surface area contributed by atoms with Crippen molar-refractivity contribution in [3.8, 4) is 0 Å². The highest BCUT2D eigenvalue weighted by atomic mass is 16.1. The molecule has 0 bridgehead atoms. The molecule has 0 spiro atoms. The van der Waals surface area contributed by atoms with Crippen molar-refractivity contribution >= 4 is 11.7 Å². The van der Waals surface area contributed by atoms with E-state index in [1.165, 1.54) is 0 Å². The number of anilines is 1. The van der Waals surface area contributed by atoms with Gasteiger partial charge in [0.1, 0.15) is 17.3 Å². The Balaban J connectivity index is 2.78. The summed E-state index contributed by atoms with van der Waals surface area (Å²) in [5, 5.41) is 5.88. The molecule has 1 amide bonds. The number of aryl methyl sites for hydroxylation is 1. The van der Waals surface area contributed by atoms with Crippen molar-refractivity contribution in [2.24, 2.45) is 5.92 Å². The lowest BCUT2D eigenvalue weighted by atomic mass is 10.2. The van der Waals surface area contributed by atoms with Crippen LogP contribution in [0.3, 0.4) is 0 Å². The normalized spacial score (nSPS) is 10.2. The average molecular weight is 248 g/mol. The lowest BCUT2D eigenvalue weighted by Gasteiger charge is -2.09. The molecule has 1 rings (SSSR count). The van der Waals surface area contributed by atoms with Gasteiger partial charge in [0, 0.05) is 19.2 Å². The fourth-order valence-electron chi connectivity index (χ4n) is 1.34. The molecule has 0 aliphatic heterocycles. The zero-order valence-corrected chi connectivity index (χ0v) is 11.2. The predicted octanol–water partition coefficient (Wildman–Crippen LogP) is 1.77. The summed E-state index contributed by atoms with van der Waals surface area (Å²) < 4.78 is 0. The number of hydrogen-bond acceptors (Lipinski definition) is 4. The Morgan fingerprint density at radius 3 is 2.83 bits per heavy atom. The first-order valence-corrected chi connectivity index (χ1v) is 6.01. The maximum atomic E-state index is 11.9. The van der Waals surface area contributed by atoms with E-state index in [0.717, 1.165) is 0 Å². The van der Waals surface area contributed by atoms with Gasteiger partial charge in [-0.05, 0) is 12.8 Å². The van der Waals surface area contributed by atoms with Crippen molar-refractivity contribution in [1.29, 1.82) is 0 Å². The molecular formula is C13H20N4O. The van der Waals surface area contributed by atoms with Gasteiger partial charge in [-0.2, -0.15) is 0 Å². The van der Waals surface area contributed by atoms with Gasteiger partial charge in [0.25, 0.3) is 5.91 Å². The van der Waals surface area contributed by atoms with Crippen LogP contribution < -0.4 is 10.6 Å². The van der Waals surface area contributed by atoms with Gasteiger partial charge >= 0.3 is 0 Å². The third kappa shape index (κ3) is 4.53. The van der Waals surface area contributed by atoms with Gasteiger partial charge in [-0.15, -0.1) is 6.58 Å². The number of carbonyl (C=O) groups is 1. The molecule has 1 heterocycles. The van der Waals surface area contributed by atoms with Gasteiger partial charge in [0.2, 0.25) is 0 Å². The summed E-state index contributed by atoms with van der Waals surface area (Å²) >= 11 is 0. The third-order valence-corrected chi connectivity index (χ3v) is 2.17. The Bertz CT molecular complexity index is 429. The smallest absolute Gasteiger partial charge is 0.270 e. The maximum Gasteiger partial charge on any atom is 0.270 e. The van der Waals surface area contributed by atoms with E-state index in [-0.39, 0.29) is 5.91 Å². The minimum absolute atomic E-state index is 0.171. The summed E-state index contributed by atoms with van der Waals surface area (Å²) in [5.41, 5.74) is 0.384. The standard InChI is InChI=1S/C13H20N4O/c1-5-6-14-12-7-11(16-10(4)17-12)13(18)15-8-9(2)3/h5,7,9H,1,6,8H2,2-4H3,(H,15,18)(H,14,16,17). The van der Waals surface area contributed by atoms with Crippen LogP contribution in [0.25, 0.3) is 0 Å². The van der Waals surface area contributed by atoms with Gasteiger partial charge in [0.05, 0.1) is 0 Å². The van der Waals surface area contributed by atoms with Gasteiger partial charge < -0.3 is 10.6 Å². The Labute approximate surface area is 108 Å². The number of hydrogen-bond donors (Lipinski definition) is 2. The first-order valence-electron chi connectivity index (χ1n) is 6.01. The van der Waals surface area contributed by atoms with Crippen LogP contribution in [0.1, 0.15) is 30.2 Å². The van der Waals surface area contributed by atoms with Gasteiger partial charge in [-0.3, -0.25) is 4.79 Å². The number of amides is 1. The summed E-state index contributed by atoms with van der Waals surface area (Å²) in [7, 11) is 0. The first-order chi connectivity index (χ1) is 8.52. The molecule has 0 saturated heterocycles. The molecule has 0 radical (unpaired) electrons. The van der Waals surface area contributed by atoms with E-state index in [4.69, 9.17) is 0 Å². The van der Waals surface area contributed by atoms with Crippen molar-refractivity contribution in [2.45, 2.75) is 20.8 Å². The van der Waals surface area contributed by atoms with Crippen LogP contribution in [-0.4, -0.2) is 29.0 Å². The highest BCUT2D eigenvalue weighted by Gasteiger charge is 2.10. The van der Waals surface area contributed by atoms with Crippen molar-refractivity contribution < 1.29 is 4.79 Å². The summed E-state index contributed by atoms with van der Waals surface area (Å²) in [5.74, 6) is 1.45. The molecule has 5 nitrogen and oxygen atoms in total. The second kappa shape index (κ2) is 6.74.